The van der Waals surface area contributed by atoms with Gasteiger partial charge >= 0.3 is 0 Å². The second-order valence-electron chi connectivity index (χ2n) is 6.91. The molecule has 1 aliphatic heterocycles. The SMILES string of the molecule is CCNC(=NCc1csc(C(C)C)n1)NC1CCN(c2ncccc2F)C1. The minimum absolute atomic E-state index is 0.200. The van der Waals surface area contributed by atoms with E-state index in [2.05, 4.69) is 44.8 Å². The van der Waals surface area contributed by atoms with Gasteiger partial charge in [0.15, 0.2) is 17.6 Å². The first kappa shape index (κ1) is 19.5. The Hall–Kier alpha value is -2.22. The molecule has 0 aliphatic carbocycles. The molecule has 2 N–H and O–H groups in total. The zero-order valence-electron chi connectivity index (χ0n) is 16.1. The zero-order chi connectivity index (χ0) is 19.2. The van der Waals surface area contributed by atoms with E-state index in [4.69, 9.17) is 0 Å². The van der Waals surface area contributed by atoms with Crippen molar-refractivity contribution in [1.82, 2.24) is 20.6 Å². The molecule has 0 bridgehead atoms. The van der Waals surface area contributed by atoms with Crippen LogP contribution in [0.2, 0.25) is 0 Å². The van der Waals surface area contributed by atoms with Crippen molar-refractivity contribution in [3.8, 4) is 0 Å². The number of guanidine groups is 1. The summed E-state index contributed by atoms with van der Waals surface area (Å²) in [5, 5.41) is 9.95. The van der Waals surface area contributed by atoms with Gasteiger partial charge in [0, 0.05) is 43.2 Å². The Morgan fingerprint density at radius 1 is 1.48 bits per heavy atom. The molecule has 3 heterocycles. The Morgan fingerprint density at radius 3 is 3.04 bits per heavy atom. The van der Waals surface area contributed by atoms with Gasteiger partial charge in [0.25, 0.3) is 0 Å². The summed E-state index contributed by atoms with van der Waals surface area (Å²) < 4.78 is 14.0. The van der Waals surface area contributed by atoms with Crippen LogP contribution in [0.25, 0.3) is 0 Å². The largest absolute Gasteiger partial charge is 0.357 e. The third kappa shape index (κ3) is 5.15. The van der Waals surface area contributed by atoms with Crippen LogP contribution in [0.3, 0.4) is 0 Å². The number of anilines is 1. The normalized spacial score (nSPS) is 17.6. The molecule has 0 amide bonds. The molecule has 0 radical (unpaired) electrons. The summed E-state index contributed by atoms with van der Waals surface area (Å²) in [7, 11) is 0. The van der Waals surface area contributed by atoms with Crippen molar-refractivity contribution in [2.45, 2.75) is 45.7 Å². The van der Waals surface area contributed by atoms with E-state index in [1.54, 1.807) is 23.6 Å². The number of nitrogens with zero attached hydrogens (tertiary/aromatic N) is 4. The maximum absolute atomic E-state index is 14.0. The van der Waals surface area contributed by atoms with Gasteiger partial charge in [-0.15, -0.1) is 11.3 Å². The van der Waals surface area contributed by atoms with Crippen molar-refractivity contribution in [1.29, 1.82) is 0 Å². The van der Waals surface area contributed by atoms with Crippen LogP contribution in [0.5, 0.6) is 0 Å². The highest BCUT2D eigenvalue weighted by Gasteiger charge is 2.25. The summed E-state index contributed by atoms with van der Waals surface area (Å²) in [5.74, 6) is 1.36. The number of aliphatic imine (C=N–C) groups is 1. The molecule has 0 spiro atoms. The average molecular weight is 391 g/mol. The summed E-state index contributed by atoms with van der Waals surface area (Å²) in [6.07, 6.45) is 2.54. The molecule has 6 nitrogen and oxygen atoms in total. The van der Waals surface area contributed by atoms with Crippen LogP contribution in [0, 0.1) is 5.82 Å². The minimum Gasteiger partial charge on any atom is -0.357 e. The van der Waals surface area contributed by atoms with Crippen molar-refractivity contribution in [3.05, 3.63) is 40.2 Å². The Kier molecular flexibility index (Phi) is 6.60. The number of halogens is 1. The fourth-order valence-electron chi connectivity index (χ4n) is 3.01. The van der Waals surface area contributed by atoms with Gasteiger partial charge in [-0.25, -0.2) is 19.4 Å². The molecule has 0 saturated carbocycles. The number of hydrogen-bond acceptors (Lipinski definition) is 5. The summed E-state index contributed by atoms with van der Waals surface area (Å²) in [6.45, 7) is 9.14. The minimum atomic E-state index is -0.275. The summed E-state index contributed by atoms with van der Waals surface area (Å²) in [6, 6.07) is 3.27. The molecule has 1 fully saturated rings. The van der Waals surface area contributed by atoms with E-state index in [1.807, 2.05) is 11.8 Å². The predicted octanol–water partition coefficient (Wildman–Crippen LogP) is 3.13. The molecule has 2 aromatic heterocycles. The standard InChI is InChI=1S/C19H27FN6S/c1-4-21-19(23-10-15-12-27-18(24-15)13(2)3)25-14-7-9-26(11-14)17-16(20)6-5-8-22-17/h5-6,8,12-14H,4,7,9-11H2,1-3H3,(H2,21,23,25). The number of pyridine rings is 1. The first-order valence-corrected chi connectivity index (χ1v) is 10.3. The second-order valence-corrected chi connectivity index (χ2v) is 7.80. The highest BCUT2D eigenvalue weighted by Crippen LogP contribution is 2.21. The molecular formula is C19H27FN6S. The molecule has 3 rings (SSSR count). The maximum Gasteiger partial charge on any atom is 0.191 e. The molecule has 1 unspecified atom stereocenters. The Balaban J connectivity index is 1.60. The number of thiazole rings is 1. The molecule has 1 saturated heterocycles. The smallest absolute Gasteiger partial charge is 0.191 e. The topological polar surface area (TPSA) is 65.4 Å². The van der Waals surface area contributed by atoms with Crippen LogP contribution in [-0.4, -0.2) is 41.6 Å². The van der Waals surface area contributed by atoms with Gasteiger partial charge in [-0.3, -0.25) is 0 Å². The number of aromatic nitrogens is 2. The highest BCUT2D eigenvalue weighted by atomic mass is 32.1. The first-order valence-electron chi connectivity index (χ1n) is 9.41. The lowest BCUT2D eigenvalue weighted by molar-refractivity contribution is 0.612. The second kappa shape index (κ2) is 9.12. The monoisotopic (exact) mass is 390 g/mol. The lowest BCUT2D eigenvalue weighted by Crippen LogP contribution is -2.44. The van der Waals surface area contributed by atoms with E-state index in [0.29, 0.717) is 24.8 Å². The van der Waals surface area contributed by atoms with Crippen LogP contribution in [0.4, 0.5) is 10.2 Å². The van der Waals surface area contributed by atoms with Crippen molar-refractivity contribution in [3.63, 3.8) is 0 Å². The van der Waals surface area contributed by atoms with Gasteiger partial charge in [0.1, 0.15) is 0 Å². The lowest BCUT2D eigenvalue weighted by Gasteiger charge is -2.19. The van der Waals surface area contributed by atoms with E-state index >= 15 is 0 Å². The molecule has 1 atom stereocenters. The summed E-state index contributed by atoms with van der Waals surface area (Å²) in [4.78, 5) is 15.4. The maximum atomic E-state index is 14.0. The molecule has 0 aromatic carbocycles. The van der Waals surface area contributed by atoms with E-state index in [0.717, 1.165) is 36.2 Å². The average Bonchev–Trinajstić information content (AvgIpc) is 3.30. The number of rotatable bonds is 6. The Bertz CT molecular complexity index is 775. The third-order valence-corrected chi connectivity index (χ3v) is 5.57. The quantitative estimate of drug-likeness (QED) is 0.586. The predicted molar refractivity (Wildman–Crippen MR) is 109 cm³/mol. The molecule has 1 aliphatic rings. The first-order chi connectivity index (χ1) is 13.1. The fourth-order valence-corrected chi connectivity index (χ4v) is 3.84. The molecule has 2 aromatic rings. The van der Waals surface area contributed by atoms with Crippen LogP contribution < -0.4 is 15.5 Å². The number of hydrogen-bond donors (Lipinski definition) is 2. The molecule has 146 valence electrons. The summed E-state index contributed by atoms with van der Waals surface area (Å²) >= 11 is 1.68. The van der Waals surface area contributed by atoms with E-state index in [1.165, 1.54) is 6.07 Å². The van der Waals surface area contributed by atoms with Crippen molar-refractivity contribution >= 4 is 23.1 Å². The zero-order valence-corrected chi connectivity index (χ0v) is 16.9. The van der Waals surface area contributed by atoms with E-state index in [9.17, 15) is 4.39 Å². The van der Waals surface area contributed by atoms with Crippen LogP contribution >= 0.6 is 11.3 Å². The molecule has 8 heteroatoms. The van der Waals surface area contributed by atoms with Gasteiger partial charge < -0.3 is 15.5 Å². The van der Waals surface area contributed by atoms with Gasteiger partial charge in [0.2, 0.25) is 0 Å². The van der Waals surface area contributed by atoms with Crippen molar-refractivity contribution in [2.75, 3.05) is 24.5 Å². The number of nitrogens with one attached hydrogen (secondary N) is 2. The Labute approximate surface area is 163 Å². The molecular weight excluding hydrogens is 363 g/mol. The van der Waals surface area contributed by atoms with Gasteiger partial charge in [-0.05, 0) is 25.5 Å². The highest BCUT2D eigenvalue weighted by molar-refractivity contribution is 7.09. The van der Waals surface area contributed by atoms with Crippen LogP contribution in [0.15, 0.2) is 28.7 Å². The lowest BCUT2D eigenvalue weighted by atomic mass is 10.2. The van der Waals surface area contributed by atoms with Crippen LogP contribution in [0.1, 0.15) is 43.8 Å². The van der Waals surface area contributed by atoms with Crippen molar-refractivity contribution < 1.29 is 4.39 Å². The Morgan fingerprint density at radius 2 is 2.33 bits per heavy atom. The van der Waals surface area contributed by atoms with E-state index < -0.39 is 0 Å². The fraction of sp³-hybridized carbons (Fsp3) is 0.526. The van der Waals surface area contributed by atoms with E-state index in [-0.39, 0.29) is 11.9 Å². The summed E-state index contributed by atoms with van der Waals surface area (Å²) in [5.41, 5.74) is 0.990. The van der Waals surface area contributed by atoms with Crippen molar-refractivity contribution in [2.24, 2.45) is 4.99 Å². The molecule has 27 heavy (non-hydrogen) atoms. The van der Waals surface area contributed by atoms with Gasteiger partial charge in [0.05, 0.1) is 17.2 Å². The van der Waals surface area contributed by atoms with Gasteiger partial charge in [-0.2, -0.15) is 0 Å². The van der Waals surface area contributed by atoms with Crippen LogP contribution in [-0.2, 0) is 6.54 Å². The van der Waals surface area contributed by atoms with Gasteiger partial charge in [-0.1, -0.05) is 13.8 Å². The third-order valence-electron chi connectivity index (χ3n) is 4.37.